The first-order valence-electron chi connectivity index (χ1n) is 7.90. The molecule has 0 aliphatic carbocycles. The summed E-state index contributed by atoms with van der Waals surface area (Å²) in [6.45, 7) is 4.55. The van der Waals surface area contributed by atoms with E-state index >= 15 is 0 Å². The van der Waals surface area contributed by atoms with Crippen LogP contribution in [0.4, 0.5) is 4.39 Å². The van der Waals surface area contributed by atoms with E-state index in [0.29, 0.717) is 28.6 Å². The lowest BCUT2D eigenvalue weighted by atomic mass is 10.2. The van der Waals surface area contributed by atoms with Crippen LogP contribution in [0.1, 0.15) is 16.7 Å². The molecule has 1 heterocycles. The Morgan fingerprint density at radius 1 is 1.20 bits per heavy atom. The van der Waals surface area contributed by atoms with E-state index in [9.17, 15) is 12.8 Å². The van der Waals surface area contributed by atoms with Gasteiger partial charge in [-0.3, -0.25) is 0 Å². The quantitative estimate of drug-likeness (QED) is 0.791. The van der Waals surface area contributed by atoms with E-state index in [4.69, 9.17) is 16.3 Å². The van der Waals surface area contributed by atoms with Gasteiger partial charge in [0.2, 0.25) is 10.0 Å². The summed E-state index contributed by atoms with van der Waals surface area (Å²) in [6.07, 6.45) is -0.193. The summed E-state index contributed by atoms with van der Waals surface area (Å²) in [6, 6.07) is 9.43. The lowest BCUT2D eigenvalue weighted by molar-refractivity contribution is -0.0295. The van der Waals surface area contributed by atoms with Crippen molar-refractivity contribution in [3.05, 3.63) is 63.9 Å². The summed E-state index contributed by atoms with van der Waals surface area (Å²) < 4.78 is 45.4. The normalized spacial score (nSPS) is 16.0. The summed E-state index contributed by atoms with van der Waals surface area (Å²) in [7, 11) is -3.50. The second-order valence-corrected chi connectivity index (χ2v) is 8.57. The molecule has 134 valence electrons. The standard InChI is InChI=1S/C18H19ClFNO3S/c1-12-3-6-18(13(2)7-12)25(22,23)21-9-16(10-21)24-11-14-4-5-15(20)8-17(14)19/h3-8,16H,9-11H2,1-2H3. The first-order chi connectivity index (χ1) is 11.8. The van der Waals surface area contributed by atoms with Gasteiger partial charge in [-0.25, -0.2) is 12.8 Å². The Morgan fingerprint density at radius 3 is 2.56 bits per heavy atom. The molecule has 2 aromatic rings. The lowest BCUT2D eigenvalue weighted by Crippen LogP contribution is -2.54. The van der Waals surface area contributed by atoms with E-state index in [0.717, 1.165) is 11.1 Å². The van der Waals surface area contributed by atoms with Gasteiger partial charge < -0.3 is 4.74 Å². The van der Waals surface area contributed by atoms with Gasteiger partial charge in [0.05, 0.1) is 17.6 Å². The molecular formula is C18H19ClFNO3S. The van der Waals surface area contributed by atoms with Gasteiger partial charge in [0, 0.05) is 18.1 Å². The average Bonchev–Trinajstić information content (AvgIpc) is 2.46. The zero-order chi connectivity index (χ0) is 18.2. The van der Waals surface area contributed by atoms with Gasteiger partial charge in [0.25, 0.3) is 0 Å². The minimum atomic E-state index is -3.50. The summed E-state index contributed by atoms with van der Waals surface area (Å²) in [5.41, 5.74) is 2.44. The fraction of sp³-hybridized carbons (Fsp3) is 0.333. The Kier molecular flexibility index (Phi) is 5.16. The fourth-order valence-electron chi connectivity index (χ4n) is 2.78. The maximum absolute atomic E-state index is 13.0. The first-order valence-corrected chi connectivity index (χ1v) is 9.72. The minimum Gasteiger partial charge on any atom is -0.371 e. The van der Waals surface area contributed by atoms with Crippen LogP contribution >= 0.6 is 11.6 Å². The van der Waals surface area contributed by atoms with Gasteiger partial charge in [0.15, 0.2) is 0 Å². The fourth-order valence-corrected chi connectivity index (χ4v) is 4.71. The summed E-state index contributed by atoms with van der Waals surface area (Å²) >= 11 is 5.96. The van der Waals surface area contributed by atoms with Crippen molar-refractivity contribution in [3.63, 3.8) is 0 Å². The number of aryl methyl sites for hydroxylation is 2. The molecule has 25 heavy (non-hydrogen) atoms. The third-order valence-electron chi connectivity index (χ3n) is 4.25. The van der Waals surface area contributed by atoms with Crippen LogP contribution < -0.4 is 0 Å². The predicted molar refractivity (Wildman–Crippen MR) is 94.7 cm³/mol. The highest BCUT2D eigenvalue weighted by Gasteiger charge is 2.38. The van der Waals surface area contributed by atoms with Crippen molar-refractivity contribution < 1.29 is 17.5 Å². The summed E-state index contributed by atoms with van der Waals surface area (Å²) in [5, 5.41) is 0.305. The van der Waals surface area contributed by atoms with Crippen LogP contribution in [0.15, 0.2) is 41.3 Å². The Bertz CT molecular complexity index is 895. The zero-order valence-electron chi connectivity index (χ0n) is 14.0. The van der Waals surface area contributed by atoms with Crippen LogP contribution in [-0.2, 0) is 21.4 Å². The lowest BCUT2D eigenvalue weighted by Gasteiger charge is -2.38. The van der Waals surface area contributed by atoms with Crippen molar-refractivity contribution in [3.8, 4) is 0 Å². The molecule has 7 heteroatoms. The van der Waals surface area contributed by atoms with Crippen LogP contribution in [0.2, 0.25) is 5.02 Å². The van der Waals surface area contributed by atoms with Gasteiger partial charge >= 0.3 is 0 Å². The van der Waals surface area contributed by atoms with Crippen LogP contribution in [0.5, 0.6) is 0 Å². The summed E-state index contributed by atoms with van der Waals surface area (Å²) in [4.78, 5) is 0.332. The second-order valence-electron chi connectivity index (χ2n) is 6.26. The number of hydrogen-bond acceptors (Lipinski definition) is 3. The van der Waals surface area contributed by atoms with Crippen LogP contribution in [0, 0.1) is 19.7 Å². The maximum Gasteiger partial charge on any atom is 0.243 e. The molecule has 1 aliphatic rings. The van der Waals surface area contributed by atoms with Crippen LogP contribution in [0.25, 0.3) is 0 Å². The molecule has 1 saturated heterocycles. The maximum atomic E-state index is 13.0. The molecular weight excluding hydrogens is 365 g/mol. The monoisotopic (exact) mass is 383 g/mol. The zero-order valence-corrected chi connectivity index (χ0v) is 15.6. The van der Waals surface area contributed by atoms with Gasteiger partial charge in [-0.05, 0) is 43.2 Å². The van der Waals surface area contributed by atoms with E-state index in [2.05, 4.69) is 0 Å². The molecule has 0 spiro atoms. The number of ether oxygens (including phenoxy) is 1. The van der Waals surface area contributed by atoms with E-state index < -0.39 is 15.8 Å². The number of rotatable bonds is 5. The molecule has 0 atom stereocenters. The number of hydrogen-bond donors (Lipinski definition) is 0. The molecule has 0 amide bonds. The molecule has 0 saturated carbocycles. The topological polar surface area (TPSA) is 46.6 Å². The number of halogens is 2. The number of benzene rings is 2. The number of nitrogens with zero attached hydrogens (tertiary/aromatic N) is 1. The third kappa shape index (κ3) is 3.87. The van der Waals surface area contributed by atoms with E-state index in [-0.39, 0.29) is 12.7 Å². The molecule has 2 aromatic carbocycles. The van der Waals surface area contributed by atoms with Crippen molar-refractivity contribution in [2.45, 2.75) is 31.5 Å². The van der Waals surface area contributed by atoms with Gasteiger partial charge in [-0.2, -0.15) is 4.31 Å². The predicted octanol–water partition coefficient (Wildman–Crippen LogP) is 3.69. The SMILES string of the molecule is Cc1ccc(S(=O)(=O)N2CC(OCc3ccc(F)cc3Cl)C2)c(C)c1. The molecule has 3 rings (SSSR count). The Morgan fingerprint density at radius 2 is 1.92 bits per heavy atom. The minimum absolute atomic E-state index is 0.193. The molecule has 4 nitrogen and oxygen atoms in total. The van der Waals surface area contributed by atoms with Crippen molar-refractivity contribution in [2.24, 2.45) is 0 Å². The van der Waals surface area contributed by atoms with Crippen LogP contribution in [-0.4, -0.2) is 31.9 Å². The van der Waals surface area contributed by atoms with Gasteiger partial charge in [0.1, 0.15) is 5.82 Å². The van der Waals surface area contributed by atoms with E-state index in [1.807, 2.05) is 13.0 Å². The molecule has 1 fully saturated rings. The molecule has 1 aliphatic heterocycles. The highest BCUT2D eigenvalue weighted by Crippen LogP contribution is 2.27. The largest absolute Gasteiger partial charge is 0.371 e. The molecule has 0 unspecified atom stereocenters. The van der Waals surface area contributed by atoms with Gasteiger partial charge in [-0.1, -0.05) is 35.4 Å². The highest BCUT2D eigenvalue weighted by molar-refractivity contribution is 7.89. The highest BCUT2D eigenvalue weighted by atomic mass is 35.5. The van der Waals surface area contributed by atoms with Crippen molar-refractivity contribution in [1.82, 2.24) is 4.31 Å². The Labute approximate surface area is 152 Å². The molecule has 0 bridgehead atoms. The van der Waals surface area contributed by atoms with Crippen LogP contribution in [0.3, 0.4) is 0 Å². The Balaban J connectivity index is 1.60. The van der Waals surface area contributed by atoms with Crippen molar-refractivity contribution in [1.29, 1.82) is 0 Å². The molecule has 0 aromatic heterocycles. The van der Waals surface area contributed by atoms with Crippen molar-refractivity contribution >= 4 is 21.6 Å². The third-order valence-corrected chi connectivity index (χ3v) is 6.60. The van der Waals surface area contributed by atoms with Gasteiger partial charge in [-0.15, -0.1) is 0 Å². The van der Waals surface area contributed by atoms with E-state index in [1.54, 1.807) is 25.1 Å². The number of sulfonamides is 1. The molecule has 0 N–H and O–H groups in total. The summed E-state index contributed by atoms with van der Waals surface area (Å²) in [5.74, 6) is -0.400. The Hall–Kier alpha value is -1.47. The average molecular weight is 384 g/mol. The first kappa shape index (κ1) is 18.3. The molecule has 0 radical (unpaired) electrons. The van der Waals surface area contributed by atoms with Crippen molar-refractivity contribution in [2.75, 3.05) is 13.1 Å². The van der Waals surface area contributed by atoms with E-state index in [1.165, 1.54) is 16.4 Å². The second kappa shape index (κ2) is 7.03. The smallest absolute Gasteiger partial charge is 0.243 e.